The molecule has 0 bridgehead atoms. The fraction of sp³-hybridized carbons (Fsp3) is 0.571. The minimum absolute atomic E-state index is 0.202. The van der Waals surface area contributed by atoms with E-state index in [9.17, 15) is 4.39 Å². The fourth-order valence-electron chi connectivity index (χ4n) is 1.84. The lowest BCUT2D eigenvalue weighted by Gasteiger charge is -2.17. The molecule has 1 aromatic carbocycles. The van der Waals surface area contributed by atoms with Crippen molar-refractivity contribution in [2.45, 2.75) is 52.5 Å². The summed E-state index contributed by atoms with van der Waals surface area (Å²) < 4.78 is 13.8. The third-order valence-electron chi connectivity index (χ3n) is 2.91. The summed E-state index contributed by atoms with van der Waals surface area (Å²) in [6.07, 6.45) is 4.92. The summed E-state index contributed by atoms with van der Waals surface area (Å²) in [6, 6.07) is 3.81. The first-order valence-electron chi connectivity index (χ1n) is 6.26. The minimum Gasteiger partial charge on any atom is -0.382 e. The number of rotatable bonds is 6. The van der Waals surface area contributed by atoms with Crippen LogP contribution in [0.1, 0.15) is 45.1 Å². The van der Waals surface area contributed by atoms with E-state index in [-0.39, 0.29) is 5.82 Å². The Hall–Kier alpha value is -0.570. The van der Waals surface area contributed by atoms with Crippen LogP contribution in [0.25, 0.3) is 0 Å². The molecule has 0 saturated heterocycles. The van der Waals surface area contributed by atoms with Crippen molar-refractivity contribution in [3.63, 3.8) is 0 Å². The van der Waals surface area contributed by atoms with Gasteiger partial charge in [0.05, 0.1) is 4.47 Å². The maximum Gasteiger partial charge on any atom is 0.137 e. The molecule has 1 nitrogen and oxygen atoms in total. The third-order valence-corrected chi connectivity index (χ3v) is 3.52. The van der Waals surface area contributed by atoms with Crippen LogP contribution in [0.4, 0.5) is 10.1 Å². The van der Waals surface area contributed by atoms with Gasteiger partial charge in [0, 0.05) is 11.7 Å². The maximum atomic E-state index is 13.3. The lowest BCUT2D eigenvalue weighted by atomic mass is 10.1. The van der Waals surface area contributed by atoms with Crippen molar-refractivity contribution in [1.82, 2.24) is 0 Å². The molecule has 0 radical (unpaired) electrons. The van der Waals surface area contributed by atoms with Crippen LogP contribution in [0.3, 0.4) is 0 Å². The minimum atomic E-state index is -0.202. The molecule has 17 heavy (non-hydrogen) atoms. The summed E-state index contributed by atoms with van der Waals surface area (Å²) in [5, 5.41) is 3.44. The molecule has 0 fully saturated rings. The average molecular weight is 302 g/mol. The first kappa shape index (κ1) is 14.5. The Kier molecular flexibility index (Phi) is 5.96. The molecule has 1 unspecified atom stereocenters. The highest BCUT2D eigenvalue weighted by molar-refractivity contribution is 9.10. The first-order chi connectivity index (χ1) is 8.04. The van der Waals surface area contributed by atoms with Gasteiger partial charge in [-0.15, -0.1) is 0 Å². The predicted molar refractivity (Wildman–Crippen MR) is 76.1 cm³/mol. The van der Waals surface area contributed by atoms with E-state index in [0.717, 1.165) is 17.7 Å². The molecule has 96 valence electrons. The van der Waals surface area contributed by atoms with Crippen molar-refractivity contribution >= 4 is 21.6 Å². The largest absolute Gasteiger partial charge is 0.382 e. The summed E-state index contributed by atoms with van der Waals surface area (Å²) >= 11 is 3.22. The molecule has 0 aliphatic heterocycles. The lowest BCUT2D eigenvalue weighted by molar-refractivity contribution is 0.611. The molecule has 0 amide bonds. The van der Waals surface area contributed by atoms with Crippen LogP contribution < -0.4 is 5.32 Å². The quantitative estimate of drug-likeness (QED) is 0.705. The molecule has 1 rings (SSSR count). The molecular formula is C14H21BrFN. The maximum absolute atomic E-state index is 13.3. The highest BCUT2D eigenvalue weighted by atomic mass is 79.9. The zero-order valence-electron chi connectivity index (χ0n) is 10.8. The van der Waals surface area contributed by atoms with Crippen molar-refractivity contribution in [2.24, 2.45) is 0 Å². The van der Waals surface area contributed by atoms with Crippen molar-refractivity contribution < 1.29 is 4.39 Å². The summed E-state index contributed by atoms with van der Waals surface area (Å²) in [5.41, 5.74) is 1.97. The summed E-state index contributed by atoms with van der Waals surface area (Å²) in [6.45, 7) is 6.31. The summed E-state index contributed by atoms with van der Waals surface area (Å²) in [4.78, 5) is 0. The zero-order chi connectivity index (χ0) is 12.8. The van der Waals surface area contributed by atoms with E-state index in [1.807, 2.05) is 13.0 Å². The van der Waals surface area contributed by atoms with Gasteiger partial charge in [-0.05, 0) is 53.9 Å². The molecule has 1 aromatic rings. The van der Waals surface area contributed by atoms with Gasteiger partial charge in [-0.1, -0.05) is 26.2 Å². The number of nitrogens with one attached hydrogen (secondary N) is 1. The summed E-state index contributed by atoms with van der Waals surface area (Å²) in [5.74, 6) is -0.202. The van der Waals surface area contributed by atoms with Crippen molar-refractivity contribution in [2.75, 3.05) is 5.32 Å². The Morgan fingerprint density at radius 1 is 1.35 bits per heavy atom. The van der Waals surface area contributed by atoms with Gasteiger partial charge in [0.2, 0.25) is 0 Å². The molecule has 0 aromatic heterocycles. The van der Waals surface area contributed by atoms with E-state index in [4.69, 9.17) is 0 Å². The van der Waals surface area contributed by atoms with Crippen molar-refractivity contribution in [1.29, 1.82) is 0 Å². The Bertz CT molecular complexity index is 365. The van der Waals surface area contributed by atoms with Crippen molar-refractivity contribution in [3.05, 3.63) is 28.0 Å². The van der Waals surface area contributed by atoms with Gasteiger partial charge in [0.15, 0.2) is 0 Å². The number of aryl methyl sites for hydroxylation is 1. The standard InChI is InChI=1S/C14H21BrFN/c1-4-5-6-7-11(3)17-14-9-12(15)13(16)8-10(14)2/h8-9,11,17H,4-7H2,1-3H3. The number of benzene rings is 1. The summed E-state index contributed by atoms with van der Waals surface area (Å²) in [7, 11) is 0. The molecule has 1 N–H and O–H groups in total. The van der Waals surface area contributed by atoms with Crippen LogP contribution in [0.2, 0.25) is 0 Å². The van der Waals surface area contributed by atoms with E-state index < -0.39 is 0 Å². The van der Waals surface area contributed by atoms with Gasteiger partial charge in [0.1, 0.15) is 5.82 Å². The molecule has 3 heteroatoms. The van der Waals surface area contributed by atoms with Crippen LogP contribution >= 0.6 is 15.9 Å². The van der Waals surface area contributed by atoms with Gasteiger partial charge in [-0.2, -0.15) is 0 Å². The highest BCUT2D eigenvalue weighted by Crippen LogP contribution is 2.25. The highest BCUT2D eigenvalue weighted by Gasteiger charge is 2.07. The SMILES string of the molecule is CCCCCC(C)Nc1cc(Br)c(F)cc1C. The smallest absolute Gasteiger partial charge is 0.137 e. The molecule has 0 spiro atoms. The van der Waals surface area contributed by atoms with Crippen LogP contribution in [0.15, 0.2) is 16.6 Å². The van der Waals surface area contributed by atoms with E-state index in [1.54, 1.807) is 6.07 Å². The van der Waals surface area contributed by atoms with Gasteiger partial charge >= 0.3 is 0 Å². The second-order valence-electron chi connectivity index (χ2n) is 4.62. The lowest BCUT2D eigenvalue weighted by Crippen LogP contribution is -2.15. The Morgan fingerprint density at radius 3 is 2.71 bits per heavy atom. The molecule has 1 atom stereocenters. The Morgan fingerprint density at radius 2 is 2.06 bits per heavy atom. The number of hydrogen-bond acceptors (Lipinski definition) is 1. The third kappa shape index (κ3) is 4.66. The Balaban J connectivity index is 2.58. The number of hydrogen-bond donors (Lipinski definition) is 1. The van der Waals surface area contributed by atoms with Gasteiger partial charge < -0.3 is 5.32 Å². The fourth-order valence-corrected chi connectivity index (χ4v) is 2.18. The number of anilines is 1. The van der Waals surface area contributed by atoms with E-state index in [0.29, 0.717) is 10.5 Å². The number of unbranched alkanes of at least 4 members (excludes halogenated alkanes) is 2. The molecule has 0 heterocycles. The second kappa shape index (κ2) is 7.00. The Labute approximate surface area is 112 Å². The molecule has 0 aliphatic rings. The van der Waals surface area contributed by atoms with Crippen LogP contribution in [-0.4, -0.2) is 6.04 Å². The van der Waals surface area contributed by atoms with E-state index in [2.05, 4.69) is 35.1 Å². The van der Waals surface area contributed by atoms with Crippen LogP contribution in [0.5, 0.6) is 0 Å². The molecule has 0 aliphatic carbocycles. The van der Waals surface area contributed by atoms with Crippen molar-refractivity contribution in [3.8, 4) is 0 Å². The average Bonchev–Trinajstić information content (AvgIpc) is 2.26. The van der Waals surface area contributed by atoms with Gasteiger partial charge in [-0.3, -0.25) is 0 Å². The van der Waals surface area contributed by atoms with E-state index in [1.165, 1.54) is 19.3 Å². The van der Waals surface area contributed by atoms with Gasteiger partial charge in [-0.25, -0.2) is 4.39 Å². The van der Waals surface area contributed by atoms with Crippen LogP contribution in [0, 0.1) is 12.7 Å². The van der Waals surface area contributed by atoms with Crippen LogP contribution in [-0.2, 0) is 0 Å². The molecular weight excluding hydrogens is 281 g/mol. The normalized spacial score (nSPS) is 12.5. The zero-order valence-corrected chi connectivity index (χ0v) is 12.4. The van der Waals surface area contributed by atoms with E-state index >= 15 is 0 Å². The predicted octanol–water partition coefficient (Wildman–Crippen LogP) is 5.28. The monoisotopic (exact) mass is 301 g/mol. The van der Waals surface area contributed by atoms with Gasteiger partial charge in [0.25, 0.3) is 0 Å². The topological polar surface area (TPSA) is 12.0 Å². The molecule has 0 saturated carbocycles. The number of halogens is 2. The first-order valence-corrected chi connectivity index (χ1v) is 7.06. The second-order valence-corrected chi connectivity index (χ2v) is 5.48.